The highest BCUT2D eigenvalue weighted by molar-refractivity contribution is 7.12. The quantitative estimate of drug-likeness (QED) is 0.337. The summed E-state index contributed by atoms with van der Waals surface area (Å²) in [5.74, 6) is 0.547. The minimum atomic E-state index is -0.465. The Bertz CT molecular complexity index is 595. The molecule has 5 nitrogen and oxygen atoms in total. The van der Waals surface area contributed by atoms with Gasteiger partial charge in [0.1, 0.15) is 5.75 Å². The van der Waals surface area contributed by atoms with Crippen molar-refractivity contribution in [2.75, 3.05) is 6.61 Å². The lowest BCUT2D eigenvalue weighted by Crippen LogP contribution is -2.02. The van der Waals surface area contributed by atoms with Crippen LogP contribution in [0.1, 0.15) is 22.5 Å². The van der Waals surface area contributed by atoms with Crippen molar-refractivity contribution < 1.29 is 14.5 Å². The standard InChI is InChI=1S/C14H13NO4S/c16-13(14-7-3-9-20-14)6-2-8-19-12-5-1-4-11(10-12)15(17)18/h1,3-5,7,9-10H,2,6,8H2. The Morgan fingerprint density at radius 1 is 1.30 bits per heavy atom. The van der Waals surface area contributed by atoms with E-state index in [1.54, 1.807) is 18.2 Å². The number of nitro groups is 1. The summed E-state index contributed by atoms with van der Waals surface area (Å²) >= 11 is 1.43. The highest BCUT2D eigenvalue weighted by Gasteiger charge is 2.08. The van der Waals surface area contributed by atoms with Gasteiger partial charge in [-0.1, -0.05) is 12.1 Å². The fourth-order valence-corrected chi connectivity index (χ4v) is 2.36. The SMILES string of the molecule is O=C(CCCOc1cccc([N+](=O)[O-])c1)c1cccs1. The Morgan fingerprint density at radius 2 is 2.15 bits per heavy atom. The fraction of sp³-hybridized carbons (Fsp3) is 0.214. The molecular weight excluding hydrogens is 278 g/mol. The number of Topliss-reactive ketones (excluding diaryl/α,β-unsaturated/α-hetero) is 1. The van der Waals surface area contributed by atoms with Crippen molar-refractivity contribution >= 4 is 22.8 Å². The number of ether oxygens (including phenoxy) is 1. The molecule has 0 N–H and O–H groups in total. The maximum Gasteiger partial charge on any atom is 0.273 e. The predicted octanol–water partition coefficient (Wildman–Crippen LogP) is 3.70. The van der Waals surface area contributed by atoms with Crippen molar-refractivity contribution in [2.24, 2.45) is 0 Å². The zero-order chi connectivity index (χ0) is 14.4. The van der Waals surface area contributed by atoms with Gasteiger partial charge in [-0.3, -0.25) is 14.9 Å². The molecule has 0 saturated heterocycles. The molecule has 0 aliphatic rings. The van der Waals surface area contributed by atoms with Gasteiger partial charge in [-0.2, -0.15) is 0 Å². The Morgan fingerprint density at radius 3 is 2.85 bits per heavy atom. The highest BCUT2D eigenvalue weighted by Crippen LogP contribution is 2.19. The average molecular weight is 291 g/mol. The van der Waals surface area contributed by atoms with E-state index in [4.69, 9.17) is 4.74 Å². The molecule has 1 aromatic carbocycles. The minimum Gasteiger partial charge on any atom is -0.493 e. The van der Waals surface area contributed by atoms with Gasteiger partial charge in [0.05, 0.1) is 22.5 Å². The third-order valence-corrected chi connectivity index (χ3v) is 3.55. The molecule has 0 aliphatic carbocycles. The number of ketones is 1. The van der Waals surface area contributed by atoms with Crippen LogP contribution in [0.25, 0.3) is 0 Å². The molecule has 6 heteroatoms. The van der Waals surface area contributed by atoms with Crippen molar-refractivity contribution in [3.05, 3.63) is 56.8 Å². The number of carbonyl (C=O) groups is 1. The van der Waals surface area contributed by atoms with Gasteiger partial charge in [0.15, 0.2) is 5.78 Å². The zero-order valence-corrected chi connectivity index (χ0v) is 11.5. The lowest BCUT2D eigenvalue weighted by atomic mass is 10.2. The molecule has 104 valence electrons. The molecule has 0 aliphatic heterocycles. The second kappa shape index (κ2) is 6.81. The molecule has 0 unspecified atom stereocenters. The number of nitro benzene ring substituents is 1. The van der Waals surface area contributed by atoms with Crippen molar-refractivity contribution in [3.63, 3.8) is 0 Å². The van der Waals surface area contributed by atoms with Crippen LogP contribution in [0.3, 0.4) is 0 Å². The van der Waals surface area contributed by atoms with Gasteiger partial charge in [0.2, 0.25) is 0 Å². The number of rotatable bonds is 7. The van der Waals surface area contributed by atoms with Gasteiger partial charge >= 0.3 is 0 Å². The molecule has 2 aromatic rings. The molecule has 2 rings (SSSR count). The minimum absolute atomic E-state index is 0.00263. The third kappa shape index (κ3) is 3.89. The van der Waals surface area contributed by atoms with Gasteiger partial charge in [0, 0.05) is 12.5 Å². The van der Waals surface area contributed by atoms with Crippen LogP contribution in [0, 0.1) is 10.1 Å². The van der Waals surface area contributed by atoms with Crippen LogP contribution in [0.5, 0.6) is 5.75 Å². The Kier molecular flexibility index (Phi) is 4.84. The first kappa shape index (κ1) is 14.2. The van der Waals surface area contributed by atoms with Gasteiger partial charge in [-0.25, -0.2) is 0 Å². The van der Waals surface area contributed by atoms with E-state index in [1.807, 2.05) is 11.4 Å². The molecule has 20 heavy (non-hydrogen) atoms. The molecular formula is C14H13NO4S. The first-order chi connectivity index (χ1) is 9.66. The second-order valence-corrected chi connectivity index (χ2v) is 5.05. The summed E-state index contributed by atoms with van der Waals surface area (Å²) in [4.78, 5) is 22.6. The summed E-state index contributed by atoms with van der Waals surface area (Å²) in [5, 5.41) is 12.5. The summed E-state index contributed by atoms with van der Waals surface area (Å²) in [5.41, 5.74) is -0.00263. The van der Waals surface area contributed by atoms with Crippen molar-refractivity contribution in [1.82, 2.24) is 0 Å². The van der Waals surface area contributed by atoms with Crippen LogP contribution in [-0.2, 0) is 0 Å². The van der Waals surface area contributed by atoms with Crippen LogP contribution in [0.2, 0.25) is 0 Å². The Labute approximate surface area is 120 Å². The number of non-ortho nitro benzene ring substituents is 1. The normalized spacial score (nSPS) is 10.2. The summed E-state index contributed by atoms with van der Waals surface area (Å²) in [6.07, 6.45) is 0.995. The molecule has 0 bridgehead atoms. The third-order valence-electron chi connectivity index (χ3n) is 2.64. The van der Waals surface area contributed by atoms with Gasteiger partial charge in [-0.05, 0) is 23.9 Å². The maximum absolute atomic E-state index is 11.7. The van der Waals surface area contributed by atoms with Crippen molar-refractivity contribution in [1.29, 1.82) is 0 Å². The van der Waals surface area contributed by atoms with E-state index in [2.05, 4.69) is 0 Å². The fourth-order valence-electron chi connectivity index (χ4n) is 1.67. The van der Waals surface area contributed by atoms with Crippen LogP contribution < -0.4 is 4.74 Å². The maximum atomic E-state index is 11.7. The molecule has 0 spiro atoms. The molecule has 0 amide bonds. The monoisotopic (exact) mass is 291 g/mol. The molecule has 1 heterocycles. The van der Waals surface area contributed by atoms with E-state index >= 15 is 0 Å². The number of hydrogen-bond acceptors (Lipinski definition) is 5. The van der Waals surface area contributed by atoms with E-state index < -0.39 is 4.92 Å². The number of thiophene rings is 1. The summed E-state index contributed by atoms with van der Waals surface area (Å²) in [7, 11) is 0. The van der Waals surface area contributed by atoms with Crippen LogP contribution in [-0.4, -0.2) is 17.3 Å². The summed E-state index contributed by atoms with van der Waals surface area (Å²) in [6.45, 7) is 0.359. The highest BCUT2D eigenvalue weighted by atomic mass is 32.1. The topological polar surface area (TPSA) is 69.4 Å². The molecule has 0 saturated carbocycles. The van der Waals surface area contributed by atoms with Crippen molar-refractivity contribution in [2.45, 2.75) is 12.8 Å². The van der Waals surface area contributed by atoms with Crippen LogP contribution in [0.4, 0.5) is 5.69 Å². The number of carbonyl (C=O) groups excluding carboxylic acids is 1. The van der Waals surface area contributed by atoms with E-state index in [0.717, 1.165) is 4.88 Å². The molecule has 0 atom stereocenters. The van der Waals surface area contributed by atoms with Gasteiger partial charge in [0.25, 0.3) is 5.69 Å². The van der Waals surface area contributed by atoms with Crippen LogP contribution in [0.15, 0.2) is 41.8 Å². The molecule has 0 radical (unpaired) electrons. The summed E-state index contributed by atoms with van der Waals surface area (Å²) < 4.78 is 5.41. The smallest absolute Gasteiger partial charge is 0.273 e. The van der Waals surface area contributed by atoms with Gasteiger partial charge < -0.3 is 4.74 Å². The van der Waals surface area contributed by atoms with E-state index in [1.165, 1.54) is 23.5 Å². The van der Waals surface area contributed by atoms with Crippen LogP contribution >= 0.6 is 11.3 Å². The van der Waals surface area contributed by atoms with E-state index in [-0.39, 0.29) is 11.5 Å². The number of nitrogens with zero attached hydrogens (tertiary/aromatic N) is 1. The van der Waals surface area contributed by atoms with Crippen molar-refractivity contribution in [3.8, 4) is 5.75 Å². The zero-order valence-electron chi connectivity index (χ0n) is 10.7. The first-order valence-electron chi connectivity index (χ1n) is 6.11. The van der Waals surface area contributed by atoms with E-state index in [0.29, 0.717) is 25.2 Å². The summed E-state index contributed by atoms with van der Waals surface area (Å²) in [6, 6.07) is 9.67. The Balaban J connectivity index is 1.77. The van der Waals surface area contributed by atoms with E-state index in [9.17, 15) is 14.9 Å². The molecule has 0 fully saturated rings. The lowest BCUT2D eigenvalue weighted by Gasteiger charge is -2.05. The number of hydrogen-bond donors (Lipinski definition) is 0. The lowest BCUT2D eigenvalue weighted by molar-refractivity contribution is -0.384. The largest absolute Gasteiger partial charge is 0.493 e. The predicted molar refractivity (Wildman–Crippen MR) is 76.5 cm³/mol. The molecule has 1 aromatic heterocycles. The second-order valence-electron chi connectivity index (χ2n) is 4.11. The van der Waals surface area contributed by atoms with Gasteiger partial charge in [-0.15, -0.1) is 11.3 Å². The average Bonchev–Trinajstić information content (AvgIpc) is 2.98. The Hall–Kier alpha value is -2.21. The number of benzene rings is 1. The first-order valence-corrected chi connectivity index (χ1v) is 6.99.